The molecule has 0 radical (unpaired) electrons. The molecule has 7 heteroatoms. The van der Waals surface area contributed by atoms with Crippen LogP contribution < -0.4 is 14.8 Å². The molecule has 0 bridgehead atoms. The first-order valence-electron chi connectivity index (χ1n) is 8.03. The number of benzene rings is 2. The molecule has 1 atom stereocenters. The SMILES string of the molecule is Cc1ccc(OC[C@H](C)NC(=O)COc2cccc(C(F)(F)F)c2)cc1. The molecule has 0 saturated heterocycles. The Bertz CT molecular complexity index is 730. The van der Waals surface area contributed by atoms with Crippen LogP contribution in [-0.4, -0.2) is 25.2 Å². The van der Waals surface area contributed by atoms with Gasteiger partial charge in [-0.25, -0.2) is 0 Å². The fourth-order valence-corrected chi connectivity index (χ4v) is 2.12. The maximum atomic E-state index is 12.6. The third kappa shape index (κ3) is 6.31. The number of aryl methyl sites for hydroxylation is 1. The quantitative estimate of drug-likeness (QED) is 0.805. The Kier molecular flexibility index (Phi) is 6.49. The van der Waals surface area contributed by atoms with Crippen LogP contribution >= 0.6 is 0 Å². The van der Waals surface area contributed by atoms with Gasteiger partial charge in [0.05, 0.1) is 11.6 Å². The summed E-state index contributed by atoms with van der Waals surface area (Å²) in [4.78, 5) is 11.9. The second-order valence-corrected chi connectivity index (χ2v) is 5.91. The molecule has 0 aliphatic heterocycles. The van der Waals surface area contributed by atoms with E-state index < -0.39 is 17.6 Å². The summed E-state index contributed by atoms with van der Waals surface area (Å²) >= 11 is 0. The molecule has 0 saturated carbocycles. The number of halogens is 3. The minimum Gasteiger partial charge on any atom is -0.491 e. The van der Waals surface area contributed by atoms with Gasteiger partial charge < -0.3 is 14.8 Å². The van der Waals surface area contributed by atoms with Crippen molar-refractivity contribution in [2.45, 2.75) is 26.1 Å². The summed E-state index contributed by atoms with van der Waals surface area (Å²) in [7, 11) is 0. The normalized spacial score (nSPS) is 12.3. The van der Waals surface area contributed by atoms with Gasteiger partial charge in [-0.1, -0.05) is 23.8 Å². The third-order valence-corrected chi connectivity index (χ3v) is 3.46. The second-order valence-electron chi connectivity index (χ2n) is 5.91. The first kappa shape index (κ1) is 19.6. The smallest absolute Gasteiger partial charge is 0.416 e. The molecule has 140 valence electrons. The van der Waals surface area contributed by atoms with Crippen molar-refractivity contribution in [3.8, 4) is 11.5 Å². The van der Waals surface area contributed by atoms with Crippen LogP contribution in [0, 0.1) is 6.92 Å². The van der Waals surface area contributed by atoms with Gasteiger partial charge in [-0.3, -0.25) is 4.79 Å². The Hall–Kier alpha value is -2.70. The predicted molar refractivity (Wildman–Crippen MR) is 91.2 cm³/mol. The van der Waals surface area contributed by atoms with Crippen molar-refractivity contribution in [3.63, 3.8) is 0 Å². The molecule has 0 heterocycles. The van der Waals surface area contributed by atoms with E-state index in [1.54, 1.807) is 6.92 Å². The minimum absolute atomic E-state index is 0.0152. The first-order chi connectivity index (χ1) is 12.2. The van der Waals surface area contributed by atoms with Crippen LogP contribution in [0.1, 0.15) is 18.1 Å². The molecule has 0 aliphatic carbocycles. The number of amides is 1. The standard InChI is InChI=1S/C19H20F3NO3/c1-13-6-8-16(9-7-13)25-11-14(2)23-18(24)12-26-17-5-3-4-15(10-17)19(20,21)22/h3-10,14H,11-12H2,1-2H3,(H,23,24)/t14-/m0/s1. The number of hydrogen-bond acceptors (Lipinski definition) is 3. The Labute approximate surface area is 149 Å². The number of ether oxygens (including phenoxy) is 2. The van der Waals surface area contributed by atoms with Crippen LogP contribution in [-0.2, 0) is 11.0 Å². The zero-order valence-electron chi connectivity index (χ0n) is 14.5. The van der Waals surface area contributed by atoms with Gasteiger partial charge >= 0.3 is 6.18 Å². The molecule has 0 aliphatic rings. The average Bonchev–Trinajstić information content (AvgIpc) is 2.59. The van der Waals surface area contributed by atoms with Crippen LogP contribution in [0.5, 0.6) is 11.5 Å². The minimum atomic E-state index is -4.45. The summed E-state index contributed by atoms with van der Waals surface area (Å²) in [5.74, 6) is 0.234. The van der Waals surface area contributed by atoms with E-state index in [4.69, 9.17) is 9.47 Å². The average molecular weight is 367 g/mol. The van der Waals surface area contributed by atoms with Gasteiger partial charge in [0, 0.05) is 0 Å². The van der Waals surface area contributed by atoms with E-state index in [2.05, 4.69) is 5.32 Å². The number of carbonyl (C=O) groups is 1. The summed E-state index contributed by atoms with van der Waals surface area (Å²) in [6.07, 6.45) is -4.45. The number of carbonyl (C=O) groups excluding carboxylic acids is 1. The fourth-order valence-electron chi connectivity index (χ4n) is 2.12. The monoisotopic (exact) mass is 367 g/mol. The topological polar surface area (TPSA) is 47.6 Å². The number of hydrogen-bond donors (Lipinski definition) is 1. The predicted octanol–water partition coefficient (Wildman–Crippen LogP) is 3.98. The molecule has 26 heavy (non-hydrogen) atoms. The second kappa shape index (κ2) is 8.60. The van der Waals surface area contributed by atoms with Crippen molar-refractivity contribution in [1.82, 2.24) is 5.32 Å². The Balaban J connectivity index is 1.76. The molecule has 2 aromatic carbocycles. The lowest BCUT2D eigenvalue weighted by Gasteiger charge is -2.16. The van der Waals surface area contributed by atoms with Crippen LogP contribution in [0.25, 0.3) is 0 Å². The van der Waals surface area contributed by atoms with Crippen molar-refractivity contribution in [2.75, 3.05) is 13.2 Å². The van der Waals surface area contributed by atoms with Crippen molar-refractivity contribution in [3.05, 3.63) is 59.7 Å². The van der Waals surface area contributed by atoms with Crippen LogP contribution in [0.3, 0.4) is 0 Å². The summed E-state index contributed by atoms with van der Waals surface area (Å²) in [5.41, 5.74) is 0.292. The van der Waals surface area contributed by atoms with Gasteiger partial charge in [0.25, 0.3) is 5.91 Å². The largest absolute Gasteiger partial charge is 0.491 e. The highest BCUT2D eigenvalue weighted by Gasteiger charge is 2.30. The summed E-state index contributed by atoms with van der Waals surface area (Å²) in [6, 6.07) is 11.6. The number of rotatable bonds is 7. The van der Waals surface area contributed by atoms with E-state index in [0.717, 1.165) is 17.7 Å². The Morgan fingerprint density at radius 2 is 1.77 bits per heavy atom. The lowest BCUT2D eigenvalue weighted by molar-refractivity contribution is -0.137. The highest BCUT2D eigenvalue weighted by atomic mass is 19.4. The fraction of sp³-hybridized carbons (Fsp3) is 0.316. The summed E-state index contributed by atoms with van der Waals surface area (Å²) in [6.45, 7) is 3.61. The Morgan fingerprint density at radius 3 is 2.42 bits per heavy atom. The molecule has 0 aromatic heterocycles. The van der Waals surface area contributed by atoms with Gasteiger partial charge in [-0.2, -0.15) is 13.2 Å². The van der Waals surface area contributed by atoms with Gasteiger partial charge in [-0.15, -0.1) is 0 Å². The highest BCUT2D eigenvalue weighted by molar-refractivity contribution is 5.77. The van der Waals surface area contributed by atoms with Crippen LogP contribution in [0.15, 0.2) is 48.5 Å². The van der Waals surface area contributed by atoms with E-state index in [0.29, 0.717) is 5.75 Å². The summed E-state index contributed by atoms with van der Waals surface area (Å²) < 4.78 is 48.6. The van der Waals surface area contributed by atoms with E-state index in [1.807, 2.05) is 31.2 Å². The molecule has 0 fully saturated rings. The van der Waals surface area contributed by atoms with Crippen LogP contribution in [0.2, 0.25) is 0 Å². The summed E-state index contributed by atoms with van der Waals surface area (Å²) in [5, 5.41) is 2.67. The molecule has 2 rings (SSSR count). The lowest BCUT2D eigenvalue weighted by atomic mass is 10.2. The third-order valence-electron chi connectivity index (χ3n) is 3.46. The van der Waals surface area contributed by atoms with Crippen molar-refractivity contribution < 1.29 is 27.4 Å². The molecule has 0 spiro atoms. The maximum absolute atomic E-state index is 12.6. The van der Waals surface area contributed by atoms with E-state index in [1.165, 1.54) is 12.1 Å². The van der Waals surface area contributed by atoms with Crippen molar-refractivity contribution >= 4 is 5.91 Å². The molecule has 0 unspecified atom stereocenters. The van der Waals surface area contributed by atoms with Gasteiger partial charge in [0.2, 0.25) is 0 Å². The molecule has 1 N–H and O–H groups in total. The van der Waals surface area contributed by atoms with Gasteiger partial charge in [-0.05, 0) is 44.2 Å². The number of nitrogens with one attached hydrogen (secondary N) is 1. The molecular formula is C19H20F3NO3. The van der Waals surface area contributed by atoms with Gasteiger partial charge in [0.15, 0.2) is 6.61 Å². The van der Waals surface area contributed by atoms with Gasteiger partial charge in [0.1, 0.15) is 18.1 Å². The van der Waals surface area contributed by atoms with Crippen molar-refractivity contribution in [1.29, 1.82) is 0 Å². The number of alkyl halides is 3. The first-order valence-corrected chi connectivity index (χ1v) is 8.03. The zero-order valence-corrected chi connectivity index (χ0v) is 14.5. The van der Waals surface area contributed by atoms with Crippen molar-refractivity contribution in [2.24, 2.45) is 0 Å². The van der Waals surface area contributed by atoms with E-state index in [9.17, 15) is 18.0 Å². The van der Waals surface area contributed by atoms with E-state index in [-0.39, 0.29) is 25.0 Å². The van der Waals surface area contributed by atoms with Crippen LogP contribution in [0.4, 0.5) is 13.2 Å². The molecule has 2 aromatic rings. The maximum Gasteiger partial charge on any atom is 0.416 e. The zero-order chi connectivity index (χ0) is 19.2. The lowest BCUT2D eigenvalue weighted by Crippen LogP contribution is -2.39. The molecule has 1 amide bonds. The van der Waals surface area contributed by atoms with E-state index >= 15 is 0 Å². The molecular weight excluding hydrogens is 347 g/mol. The Morgan fingerprint density at radius 1 is 1.08 bits per heavy atom. The highest BCUT2D eigenvalue weighted by Crippen LogP contribution is 2.31. The molecule has 4 nitrogen and oxygen atoms in total.